The fourth-order valence-corrected chi connectivity index (χ4v) is 4.03. The van der Waals surface area contributed by atoms with E-state index in [2.05, 4.69) is 71.1 Å². The number of hydrogen-bond acceptors (Lipinski definition) is 2. The molecule has 0 bridgehead atoms. The Balaban J connectivity index is 2.09. The van der Waals surface area contributed by atoms with Crippen molar-refractivity contribution < 1.29 is 9.90 Å². The number of phenolic OH excluding ortho intramolecular Hbond substituents is 1. The molecule has 1 unspecified atom stereocenters. The average molecular weight is 430 g/mol. The molecule has 0 saturated carbocycles. The fraction of sp³-hybridized carbons (Fsp3) is 0.345. The summed E-state index contributed by atoms with van der Waals surface area (Å²) < 4.78 is 0. The van der Waals surface area contributed by atoms with E-state index in [4.69, 9.17) is 0 Å². The number of phenols is 1. The second kappa shape index (κ2) is 9.20. The molecule has 0 saturated heterocycles. The maximum absolute atomic E-state index is 13.0. The molecule has 3 aromatic rings. The minimum Gasteiger partial charge on any atom is -0.507 e. The quantitative estimate of drug-likeness (QED) is 0.452. The van der Waals surface area contributed by atoms with Crippen LogP contribution in [0.4, 0.5) is 5.69 Å². The van der Waals surface area contributed by atoms with Crippen LogP contribution >= 0.6 is 0 Å². The number of hydrogen-bond donors (Lipinski definition) is 2. The van der Waals surface area contributed by atoms with Crippen molar-refractivity contribution in [2.45, 2.75) is 64.7 Å². The number of para-hydroxylation sites is 1. The first kappa shape index (κ1) is 23.6. The number of anilines is 1. The minimum atomic E-state index is -0.229. The maximum Gasteiger partial charge on any atom is 0.225 e. The van der Waals surface area contributed by atoms with Gasteiger partial charge < -0.3 is 10.4 Å². The van der Waals surface area contributed by atoms with E-state index in [1.54, 1.807) is 0 Å². The first-order chi connectivity index (χ1) is 15.0. The summed E-state index contributed by atoms with van der Waals surface area (Å²) in [6.45, 7) is 12.7. The van der Waals surface area contributed by atoms with Gasteiger partial charge in [-0.1, -0.05) is 102 Å². The molecule has 0 fully saturated rings. The van der Waals surface area contributed by atoms with Gasteiger partial charge in [-0.2, -0.15) is 0 Å². The van der Waals surface area contributed by atoms with Gasteiger partial charge in [0.05, 0.1) is 0 Å². The van der Waals surface area contributed by atoms with Gasteiger partial charge >= 0.3 is 0 Å². The van der Waals surface area contributed by atoms with E-state index >= 15 is 0 Å². The maximum atomic E-state index is 13.0. The van der Waals surface area contributed by atoms with Gasteiger partial charge in [0.25, 0.3) is 0 Å². The Bertz CT molecular complexity index is 1020. The molecule has 0 aliphatic carbocycles. The lowest BCUT2D eigenvalue weighted by Gasteiger charge is -2.30. The molecule has 0 aromatic heterocycles. The highest BCUT2D eigenvalue weighted by Crippen LogP contribution is 2.42. The van der Waals surface area contributed by atoms with Crippen molar-refractivity contribution in [1.29, 1.82) is 0 Å². The Kier molecular flexibility index (Phi) is 6.78. The van der Waals surface area contributed by atoms with Gasteiger partial charge in [-0.15, -0.1) is 0 Å². The zero-order valence-corrected chi connectivity index (χ0v) is 20.1. The highest BCUT2D eigenvalue weighted by Gasteiger charge is 2.29. The molecule has 1 atom stereocenters. The number of amides is 1. The summed E-state index contributed by atoms with van der Waals surface area (Å²) in [4.78, 5) is 13.0. The van der Waals surface area contributed by atoms with E-state index in [0.717, 1.165) is 27.9 Å². The molecule has 3 heteroatoms. The lowest BCUT2D eigenvalue weighted by atomic mass is 9.75. The van der Waals surface area contributed by atoms with Gasteiger partial charge in [0.2, 0.25) is 5.91 Å². The largest absolute Gasteiger partial charge is 0.507 e. The summed E-state index contributed by atoms with van der Waals surface area (Å²) in [5.74, 6) is 0.199. The highest BCUT2D eigenvalue weighted by molar-refractivity contribution is 5.91. The molecule has 3 rings (SSSR count). The van der Waals surface area contributed by atoms with E-state index in [0.29, 0.717) is 12.2 Å². The third kappa shape index (κ3) is 5.59. The number of benzene rings is 3. The molecule has 32 heavy (non-hydrogen) atoms. The Hall–Kier alpha value is -3.07. The number of aromatic hydroxyl groups is 1. The first-order valence-corrected chi connectivity index (χ1v) is 11.2. The van der Waals surface area contributed by atoms with Crippen LogP contribution < -0.4 is 5.32 Å². The van der Waals surface area contributed by atoms with Crippen molar-refractivity contribution in [2.24, 2.45) is 0 Å². The minimum absolute atomic E-state index is 0.0345. The van der Waals surface area contributed by atoms with E-state index < -0.39 is 0 Å². The summed E-state index contributed by atoms with van der Waals surface area (Å²) in [7, 11) is 0. The first-order valence-electron chi connectivity index (χ1n) is 11.2. The molecular weight excluding hydrogens is 394 g/mol. The fourth-order valence-electron chi connectivity index (χ4n) is 4.03. The molecule has 168 valence electrons. The summed E-state index contributed by atoms with van der Waals surface area (Å²) in [5, 5.41) is 14.2. The Morgan fingerprint density at radius 2 is 1.25 bits per heavy atom. The van der Waals surface area contributed by atoms with Crippen molar-refractivity contribution in [3.05, 3.63) is 95.1 Å². The van der Waals surface area contributed by atoms with Gasteiger partial charge in [0.1, 0.15) is 5.75 Å². The molecule has 0 aliphatic rings. The predicted octanol–water partition coefficient (Wildman–Crippen LogP) is 7.15. The zero-order valence-electron chi connectivity index (χ0n) is 20.1. The Morgan fingerprint density at radius 3 is 1.72 bits per heavy atom. The zero-order chi connectivity index (χ0) is 23.5. The van der Waals surface area contributed by atoms with Crippen molar-refractivity contribution in [1.82, 2.24) is 0 Å². The van der Waals surface area contributed by atoms with Crippen LogP contribution in [0.15, 0.2) is 72.8 Å². The van der Waals surface area contributed by atoms with Gasteiger partial charge in [-0.3, -0.25) is 4.79 Å². The Labute approximate surface area is 192 Å². The standard InChI is InChI=1S/C29H35NO2/c1-28(2,3)24-17-21(18-25(27(24)32)29(4,5)6)23(20-13-9-7-10-14-20)19-26(31)30-22-15-11-8-12-16-22/h7-18,23,32H,19H2,1-6H3,(H,30,31). The van der Waals surface area contributed by atoms with Crippen LogP contribution in [-0.2, 0) is 15.6 Å². The van der Waals surface area contributed by atoms with E-state index in [-0.39, 0.29) is 22.7 Å². The summed E-state index contributed by atoms with van der Waals surface area (Å²) in [5.41, 5.74) is 4.28. The smallest absolute Gasteiger partial charge is 0.225 e. The monoisotopic (exact) mass is 429 g/mol. The number of carbonyl (C=O) groups is 1. The Morgan fingerprint density at radius 1 is 0.781 bits per heavy atom. The number of nitrogens with one attached hydrogen (secondary N) is 1. The van der Waals surface area contributed by atoms with E-state index in [9.17, 15) is 9.90 Å². The van der Waals surface area contributed by atoms with Crippen LogP contribution in [0.3, 0.4) is 0 Å². The van der Waals surface area contributed by atoms with Crippen LogP contribution in [0.5, 0.6) is 5.75 Å². The lowest BCUT2D eigenvalue weighted by molar-refractivity contribution is -0.116. The van der Waals surface area contributed by atoms with Gasteiger partial charge in [0, 0.05) is 18.0 Å². The number of rotatable bonds is 5. The molecule has 0 radical (unpaired) electrons. The summed E-state index contributed by atoms with van der Waals surface area (Å²) in [6, 6.07) is 23.9. The molecule has 3 nitrogen and oxygen atoms in total. The van der Waals surface area contributed by atoms with Crippen LogP contribution in [0.1, 0.15) is 76.1 Å². The summed E-state index contributed by atoms with van der Waals surface area (Å²) in [6.07, 6.45) is 0.316. The predicted molar refractivity (Wildman–Crippen MR) is 133 cm³/mol. The van der Waals surface area contributed by atoms with Crippen molar-refractivity contribution in [3.8, 4) is 5.75 Å². The molecule has 3 aromatic carbocycles. The third-order valence-electron chi connectivity index (χ3n) is 5.80. The third-order valence-corrected chi connectivity index (χ3v) is 5.80. The highest BCUT2D eigenvalue weighted by atomic mass is 16.3. The molecule has 2 N–H and O–H groups in total. The van der Waals surface area contributed by atoms with E-state index in [1.807, 2.05) is 48.5 Å². The van der Waals surface area contributed by atoms with Crippen LogP contribution in [-0.4, -0.2) is 11.0 Å². The van der Waals surface area contributed by atoms with Gasteiger partial charge in [-0.25, -0.2) is 0 Å². The van der Waals surface area contributed by atoms with Crippen molar-refractivity contribution in [2.75, 3.05) is 5.32 Å². The molecule has 0 aliphatic heterocycles. The summed E-state index contributed by atoms with van der Waals surface area (Å²) >= 11 is 0. The lowest BCUT2D eigenvalue weighted by Crippen LogP contribution is -2.20. The second-order valence-electron chi connectivity index (χ2n) is 10.5. The van der Waals surface area contributed by atoms with Crippen LogP contribution in [0, 0.1) is 0 Å². The van der Waals surface area contributed by atoms with Crippen molar-refractivity contribution >= 4 is 11.6 Å². The van der Waals surface area contributed by atoms with Crippen molar-refractivity contribution in [3.63, 3.8) is 0 Å². The number of carbonyl (C=O) groups excluding carboxylic acids is 1. The van der Waals surface area contributed by atoms with Crippen LogP contribution in [0.2, 0.25) is 0 Å². The SMILES string of the molecule is CC(C)(C)c1cc(C(CC(=O)Nc2ccccc2)c2ccccc2)cc(C(C)(C)C)c1O. The van der Waals surface area contributed by atoms with Gasteiger partial charge in [0.15, 0.2) is 0 Å². The van der Waals surface area contributed by atoms with E-state index in [1.165, 1.54) is 0 Å². The normalized spacial score (nSPS) is 12.9. The average Bonchev–Trinajstić information content (AvgIpc) is 2.72. The van der Waals surface area contributed by atoms with Gasteiger partial charge in [-0.05, 0) is 45.2 Å². The topological polar surface area (TPSA) is 49.3 Å². The molecule has 1 amide bonds. The second-order valence-corrected chi connectivity index (χ2v) is 10.5. The molecule has 0 spiro atoms. The van der Waals surface area contributed by atoms with Crippen LogP contribution in [0.25, 0.3) is 0 Å². The molecular formula is C29H35NO2. The molecule has 0 heterocycles.